The Bertz CT molecular complexity index is 1080. The number of hydrogen-bond donors (Lipinski definition) is 4. The van der Waals surface area contributed by atoms with Gasteiger partial charge in [-0.05, 0) is 48.9 Å². The van der Waals surface area contributed by atoms with E-state index in [9.17, 15) is 18.0 Å². The van der Waals surface area contributed by atoms with E-state index in [2.05, 4.69) is 25.6 Å². The zero-order valence-corrected chi connectivity index (χ0v) is 19.8. The van der Waals surface area contributed by atoms with Crippen molar-refractivity contribution in [2.45, 2.75) is 31.6 Å². The van der Waals surface area contributed by atoms with Crippen molar-refractivity contribution in [1.82, 2.24) is 10.6 Å². The van der Waals surface area contributed by atoms with Crippen molar-refractivity contribution in [2.24, 2.45) is 0 Å². The number of carbonyl (C=O) groups excluding carboxylic acids is 2. The van der Waals surface area contributed by atoms with E-state index < -0.39 is 10.0 Å². The quantitative estimate of drug-likeness (QED) is 0.444. The van der Waals surface area contributed by atoms with Gasteiger partial charge in [0, 0.05) is 50.4 Å². The zero-order chi connectivity index (χ0) is 23.8. The van der Waals surface area contributed by atoms with Crippen LogP contribution < -0.4 is 25.6 Å². The second-order valence-electron chi connectivity index (χ2n) is 7.76. The molecule has 9 nitrogen and oxygen atoms in total. The summed E-state index contributed by atoms with van der Waals surface area (Å²) >= 11 is 0. The fourth-order valence-electron chi connectivity index (χ4n) is 3.45. The Morgan fingerprint density at radius 1 is 1.03 bits per heavy atom. The molecule has 0 aromatic heterocycles. The van der Waals surface area contributed by atoms with Gasteiger partial charge in [-0.3, -0.25) is 14.3 Å². The van der Waals surface area contributed by atoms with E-state index >= 15 is 0 Å². The summed E-state index contributed by atoms with van der Waals surface area (Å²) in [7, 11) is -3.92. The fourth-order valence-corrected chi connectivity index (χ4v) is 4.52. The van der Waals surface area contributed by atoms with Crippen LogP contribution in [0.2, 0.25) is 0 Å². The van der Waals surface area contributed by atoms with Crippen molar-refractivity contribution < 1.29 is 18.0 Å². The van der Waals surface area contributed by atoms with Crippen LogP contribution in [0.4, 0.5) is 17.1 Å². The predicted octanol–water partition coefficient (Wildman–Crippen LogP) is 2.39. The molecule has 1 aliphatic heterocycles. The molecule has 1 saturated heterocycles. The first-order valence-corrected chi connectivity index (χ1v) is 12.6. The smallest absolute Gasteiger partial charge is 0.261 e. The average molecular weight is 474 g/mol. The molecule has 10 heteroatoms. The van der Waals surface area contributed by atoms with E-state index in [1.54, 1.807) is 37.3 Å². The van der Waals surface area contributed by atoms with Crippen LogP contribution >= 0.6 is 0 Å². The minimum atomic E-state index is -3.92. The summed E-state index contributed by atoms with van der Waals surface area (Å²) in [5.74, 6) is -0.400. The van der Waals surface area contributed by atoms with Crippen molar-refractivity contribution in [3.05, 3.63) is 48.0 Å². The molecule has 3 rings (SSSR count). The standard InChI is InChI=1S/C23H31N5O4S/c1-3-11-25-23(30)17-5-10-21(28-14-12-24-13-15-28)20(16-17)27-33(31,32)19-8-6-18(7-9-19)26-22(29)4-2/h5-10,16,24,27H,3-4,11-15H2,1-2H3,(H,25,30)(H,26,29). The van der Waals surface area contributed by atoms with Gasteiger partial charge in [-0.25, -0.2) is 8.42 Å². The van der Waals surface area contributed by atoms with Crippen molar-refractivity contribution in [2.75, 3.05) is 47.7 Å². The molecule has 0 atom stereocenters. The molecular formula is C23H31N5O4S. The summed E-state index contributed by atoms with van der Waals surface area (Å²) in [6.07, 6.45) is 1.14. The van der Waals surface area contributed by atoms with Crippen LogP contribution in [0.1, 0.15) is 37.0 Å². The van der Waals surface area contributed by atoms with Gasteiger partial charge in [0.1, 0.15) is 0 Å². The number of anilines is 3. The van der Waals surface area contributed by atoms with Crippen molar-refractivity contribution in [3.63, 3.8) is 0 Å². The molecule has 2 aromatic carbocycles. The predicted molar refractivity (Wildman–Crippen MR) is 130 cm³/mol. The average Bonchev–Trinajstić information content (AvgIpc) is 2.83. The van der Waals surface area contributed by atoms with E-state index in [-0.39, 0.29) is 16.7 Å². The molecule has 4 N–H and O–H groups in total. The van der Waals surface area contributed by atoms with Crippen LogP contribution in [0.3, 0.4) is 0 Å². The van der Waals surface area contributed by atoms with Crippen molar-refractivity contribution >= 4 is 38.9 Å². The Labute approximate surface area is 195 Å². The number of hydrogen-bond acceptors (Lipinski definition) is 6. The highest BCUT2D eigenvalue weighted by Gasteiger charge is 2.21. The third-order valence-electron chi connectivity index (χ3n) is 5.27. The maximum Gasteiger partial charge on any atom is 0.261 e. The molecule has 0 spiro atoms. The number of nitrogens with zero attached hydrogens (tertiary/aromatic N) is 1. The molecule has 2 amide bonds. The molecule has 178 valence electrons. The minimum Gasteiger partial charge on any atom is -0.367 e. The summed E-state index contributed by atoms with van der Waals surface area (Å²) in [4.78, 5) is 26.2. The Morgan fingerprint density at radius 3 is 2.36 bits per heavy atom. The Hall–Kier alpha value is -3.11. The number of rotatable bonds is 9. The molecule has 0 radical (unpaired) electrons. The number of sulfonamides is 1. The van der Waals surface area contributed by atoms with Crippen LogP contribution in [-0.2, 0) is 14.8 Å². The fraction of sp³-hybridized carbons (Fsp3) is 0.391. The third kappa shape index (κ3) is 6.45. The van der Waals surface area contributed by atoms with Gasteiger partial charge in [-0.2, -0.15) is 0 Å². The summed E-state index contributed by atoms with van der Waals surface area (Å²) in [6.45, 7) is 7.27. The second kappa shape index (κ2) is 11.2. The second-order valence-corrected chi connectivity index (χ2v) is 9.44. The van der Waals surface area contributed by atoms with Gasteiger partial charge in [0.15, 0.2) is 0 Å². The van der Waals surface area contributed by atoms with Crippen LogP contribution in [0, 0.1) is 0 Å². The summed E-state index contributed by atoms with van der Waals surface area (Å²) < 4.78 is 29.0. The van der Waals surface area contributed by atoms with Gasteiger partial charge in [-0.15, -0.1) is 0 Å². The van der Waals surface area contributed by atoms with Gasteiger partial charge in [0.2, 0.25) is 5.91 Å². The van der Waals surface area contributed by atoms with E-state index in [4.69, 9.17) is 0 Å². The SMILES string of the molecule is CCCNC(=O)c1ccc(N2CCNCC2)c(NS(=O)(=O)c2ccc(NC(=O)CC)cc2)c1. The Balaban J connectivity index is 1.89. The van der Waals surface area contributed by atoms with Crippen LogP contribution in [0.15, 0.2) is 47.4 Å². The first-order chi connectivity index (χ1) is 15.8. The highest BCUT2D eigenvalue weighted by Crippen LogP contribution is 2.30. The first kappa shape index (κ1) is 24.5. The van der Waals surface area contributed by atoms with Crippen molar-refractivity contribution in [1.29, 1.82) is 0 Å². The third-order valence-corrected chi connectivity index (χ3v) is 6.65. The number of piperazine rings is 1. The number of nitrogens with one attached hydrogen (secondary N) is 4. The summed E-state index contributed by atoms with van der Waals surface area (Å²) in [6, 6.07) is 11.1. The van der Waals surface area contributed by atoms with Crippen LogP contribution in [-0.4, -0.2) is 53.0 Å². The zero-order valence-electron chi connectivity index (χ0n) is 19.0. The number of carbonyl (C=O) groups is 2. The molecule has 0 unspecified atom stereocenters. The molecule has 1 aliphatic rings. The van der Waals surface area contributed by atoms with Gasteiger partial charge in [0.05, 0.1) is 16.3 Å². The van der Waals surface area contributed by atoms with Gasteiger partial charge < -0.3 is 20.9 Å². The largest absolute Gasteiger partial charge is 0.367 e. The molecule has 33 heavy (non-hydrogen) atoms. The normalized spacial score (nSPS) is 13.9. The molecular weight excluding hydrogens is 442 g/mol. The monoisotopic (exact) mass is 473 g/mol. The van der Waals surface area contributed by atoms with E-state index in [1.165, 1.54) is 12.1 Å². The Kier molecular flexibility index (Phi) is 8.29. The van der Waals surface area contributed by atoms with Gasteiger partial charge >= 0.3 is 0 Å². The molecule has 1 fully saturated rings. The molecule has 1 heterocycles. The maximum absolute atomic E-state index is 13.1. The number of amides is 2. The molecule has 2 aromatic rings. The lowest BCUT2D eigenvalue weighted by Gasteiger charge is -2.31. The van der Waals surface area contributed by atoms with Gasteiger partial charge in [-0.1, -0.05) is 13.8 Å². The number of benzene rings is 2. The molecule has 0 saturated carbocycles. The minimum absolute atomic E-state index is 0.0593. The highest BCUT2D eigenvalue weighted by atomic mass is 32.2. The van der Waals surface area contributed by atoms with E-state index in [0.717, 1.165) is 38.3 Å². The van der Waals surface area contributed by atoms with E-state index in [0.29, 0.717) is 29.9 Å². The van der Waals surface area contributed by atoms with E-state index in [1.807, 2.05) is 6.92 Å². The maximum atomic E-state index is 13.1. The first-order valence-electron chi connectivity index (χ1n) is 11.1. The van der Waals surface area contributed by atoms with Crippen LogP contribution in [0.25, 0.3) is 0 Å². The summed E-state index contributed by atoms with van der Waals surface area (Å²) in [5.41, 5.74) is 1.98. The molecule has 0 aliphatic carbocycles. The highest BCUT2D eigenvalue weighted by molar-refractivity contribution is 7.92. The lowest BCUT2D eigenvalue weighted by atomic mass is 10.1. The lowest BCUT2D eigenvalue weighted by molar-refractivity contribution is -0.115. The van der Waals surface area contributed by atoms with Gasteiger partial charge in [0.25, 0.3) is 15.9 Å². The lowest BCUT2D eigenvalue weighted by Crippen LogP contribution is -2.43. The Morgan fingerprint density at radius 2 is 1.73 bits per heavy atom. The summed E-state index contributed by atoms with van der Waals surface area (Å²) in [5, 5.41) is 8.80. The topological polar surface area (TPSA) is 120 Å². The van der Waals surface area contributed by atoms with Crippen molar-refractivity contribution in [3.8, 4) is 0 Å². The molecule has 0 bridgehead atoms. The van der Waals surface area contributed by atoms with Crippen LogP contribution in [0.5, 0.6) is 0 Å².